The lowest BCUT2D eigenvalue weighted by Crippen LogP contribution is -2.28. The van der Waals surface area contributed by atoms with Gasteiger partial charge in [-0.05, 0) is 35.7 Å². The Morgan fingerprint density at radius 1 is 1.00 bits per heavy atom. The molecule has 5 aromatic rings. The summed E-state index contributed by atoms with van der Waals surface area (Å²) in [5.41, 5.74) is 3.69. The molecule has 1 unspecified atom stereocenters. The highest BCUT2D eigenvalue weighted by atomic mass is 79.9. The van der Waals surface area contributed by atoms with Gasteiger partial charge >= 0.3 is 0 Å². The van der Waals surface area contributed by atoms with Crippen molar-refractivity contribution < 1.29 is 4.79 Å². The summed E-state index contributed by atoms with van der Waals surface area (Å²) in [6.07, 6.45) is 0. The molecule has 1 atom stereocenters. The molecular weight excluding hydrogens is 524 g/mol. The maximum absolute atomic E-state index is 13.0. The minimum Gasteiger partial charge on any atom is -0.293 e. The van der Waals surface area contributed by atoms with Crippen LogP contribution in [0.1, 0.15) is 11.1 Å². The van der Waals surface area contributed by atoms with Crippen LogP contribution in [0.3, 0.4) is 0 Å². The van der Waals surface area contributed by atoms with Gasteiger partial charge in [-0.3, -0.25) is 9.69 Å². The number of amides is 1. The predicted octanol–water partition coefficient (Wildman–Crippen LogP) is 6.73. The van der Waals surface area contributed by atoms with Gasteiger partial charge in [0.1, 0.15) is 11.1 Å². The number of aromatic nitrogens is 3. The lowest BCUT2D eigenvalue weighted by Gasteiger charge is -2.24. The molecular formula is C23H15BrN4OS3. The summed E-state index contributed by atoms with van der Waals surface area (Å²) < 4.78 is 2.95. The molecule has 1 aliphatic heterocycles. The monoisotopic (exact) mass is 538 g/mol. The van der Waals surface area contributed by atoms with Crippen molar-refractivity contribution in [1.29, 1.82) is 0 Å². The predicted molar refractivity (Wildman–Crippen MR) is 136 cm³/mol. The first-order valence-corrected chi connectivity index (χ1v) is 13.4. The van der Waals surface area contributed by atoms with Crippen molar-refractivity contribution in [1.82, 2.24) is 14.6 Å². The molecule has 1 amide bonds. The fourth-order valence-electron chi connectivity index (χ4n) is 3.80. The molecule has 32 heavy (non-hydrogen) atoms. The largest absolute Gasteiger partial charge is 0.293 e. The maximum atomic E-state index is 13.0. The molecule has 9 heteroatoms. The fraction of sp³-hybridized carbons (Fsp3) is 0.0870. The smallest absolute Gasteiger partial charge is 0.238 e. The third-order valence-electron chi connectivity index (χ3n) is 5.22. The Labute approximate surface area is 204 Å². The van der Waals surface area contributed by atoms with Gasteiger partial charge in [0.05, 0.1) is 16.3 Å². The highest BCUT2D eigenvalue weighted by Gasteiger charge is 2.39. The standard InChI is InChI=1S/C23H15BrN4OS3/c24-15-10-8-14(9-11-15)19-20(22-27(18(29)13-31-22)16-5-2-1-3-6-16)28-23(25-19)32-21(26-28)17-7-4-12-30-17/h1-12,22H,13H2. The molecule has 0 N–H and O–H groups in total. The van der Waals surface area contributed by atoms with E-state index in [1.807, 2.05) is 57.9 Å². The fourth-order valence-corrected chi connectivity index (χ4v) is 6.96. The van der Waals surface area contributed by atoms with Crippen LogP contribution in [-0.4, -0.2) is 26.3 Å². The zero-order valence-electron chi connectivity index (χ0n) is 16.5. The van der Waals surface area contributed by atoms with Gasteiger partial charge in [-0.2, -0.15) is 5.10 Å². The molecule has 0 spiro atoms. The van der Waals surface area contributed by atoms with E-state index in [4.69, 9.17) is 10.1 Å². The van der Waals surface area contributed by atoms with Crippen molar-refractivity contribution in [2.75, 3.05) is 10.7 Å². The molecule has 3 aromatic heterocycles. The van der Waals surface area contributed by atoms with Gasteiger partial charge in [-0.1, -0.05) is 63.7 Å². The molecule has 0 radical (unpaired) electrons. The zero-order chi connectivity index (χ0) is 21.7. The second-order valence-corrected chi connectivity index (χ2v) is 11.1. The third-order valence-corrected chi connectivity index (χ3v) is 8.86. The quantitative estimate of drug-likeness (QED) is 0.254. The summed E-state index contributed by atoms with van der Waals surface area (Å²) in [7, 11) is 0. The molecule has 5 nitrogen and oxygen atoms in total. The molecule has 2 aromatic carbocycles. The van der Waals surface area contributed by atoms with Crippen LogP contribution >= 0.6 is 50.4 Å². The van der Waals surface area contributed by atoms with Crippen LogP contribution in [0.15, 0.2) is 76.6 Å². The van der Waals surface area contributed by atoms with Gasteiger partial charge in [0.15, 0.2) is 5.01 Å². The summed E-state index contributed by atoms with van der Waals surface area (Å²) in [6.45, 7) is 0. The first-order chi connectivity index (χ1) is 15.7. The first kappa shape index (κ1) is 20.2. The number of hydrogen-bond donors (Lipinski definition) is 0. The Balaban J connectivity index is 1.56. The number of benzene rings is 2. The number of carbonyl (C=O) groups excluding carboxylic acids is 1. The van der Waals surface area contributed by atoms with Crippen LogP contribution in [0.4, 0.5) is 5.69 Å². The average Bonchev–Trinajstić information content (AvgIpc) is 3.58. The van der Waals surface area contributed by atoms with Crippen LogP contribution in [0.2, 0.25) is 0 Å². The minimum atomic E-state index is -0.211. The van der Waals surface area contributed by atoms with Crippen molar-refractivity contribution in [2.45, 2.75) is 5.37 Å². The van der Waals surface area contributed by atoms with E-state index in [0.29, 0.717) is 5.75 Å². The van der Waals surface area contributed by atoms with Gasteiger partial charge in [0.25, 0.3) is 0 Å². The van der Waals surface area contributed by atoms with E-state index in [0.717, 1.165) is 42.0 Å². The minimum absolute atomic E-state index is 0.0941. The SMILES string of the molecule is O=C1CSC(c2c(-c3ccc(Br)cc3)nc3sc(-c4cccs4)nn23)N1c1ccccc1. The Hall–Kier alpha value is -2.46. The van der Waals surface area contributed by atoms with Crippen LogP contribution in [0.25, 0.3) is 26.1 Å². The molecule has 0 aliphatic carbocycles. The van der Waals surface area contributed by atoms with Gasteiger partial charge in [0.2, 0.25) is 10.9 Å². The molecule has 0 saturated carbocycles. The van der Waals surface area contributed by atoms with Crippen LogP contribution in [0, 0.1) is 0 Å². The van der Waals surface area contributed by atoms with Crippen molar-refractivity contribution in [3.8, 4) is 21.1 Å². The number of carbonyl (C=O) groups is 1. The molecule has 6 rings (SSSR count). The number of rotatable bonds is 4. The van der Waals surface area contributed by atoms with Crippen LogP contribution < -0.4 is 4.90 Å². The molecule has 1 aliphatic rings. The van der Waals surface area contributed by atoms with Gasteiger partial charge in [0, 0.05) is 15.7 Å². The van der Waals surface area contributed by atoms with Gasteiger partial charge in [-0.25, -0.2) is 9.50 Å². The van der Waals surface area contributed by atoms with E-state index < -0.39 is 0 Å². The summed E-state index contributed by atoms with van der Waals surface area (Å²) in [5.74, 6) is 0.519. The number of thioether (sulfide) groups is 1. The van der Waals surface area contributed by atoms with E-state index in [9.17, 15) is 4.79 Å². The number of fused-ring (bicyclic) bond motifs is 1. The second kappa shape index (κ2) is 8.15. The first-order valence-electron chi connectivity index (χ1n) is 9.87. The van der Waals surface area contributed by atoms with Crippen molar-refractivity contribution >= 4 is 66.9 Å². The second-order valence-electron chi connectivity index (χ2n) is 7.19. The van der Waals surface area contributed by atoms with Gasteiger partial charge in [-0.15, -0.1) is 23.1 Å². The molecule has 0 bridgehead atoms. The van der Waals surface area contributed by atoms with Crippen LogP contribution in [-0.2, 0) is 4.79 Å². The lowest BCUT2D eigenvalue weighted by molar-refractivity contribution is -0.115. The zero-order valence-corrected chi connectivity index (χ0v) is 20.5. The Bertz CT molecular complexity index is 1410. The van der Waals surface area contributed by atoms with Crippen LogP contribution in [0.5, 0.6) is 0 Å². The number of imidazole rings is 1. The van der Waals surface area contributed by atoms with Crippen molar-refractivity contribution in [3.63, 3.8) is 0 Å². The highest BCUT2D eigenvalue weighted by molar-refractivity contribution is 9.10. The lowest BCUT2D eigenvalue weighted by atomic mass is 10.1. The Kier molecular flexibility index (Phi) is 5.14. The van der Waals surface area contributed by atoms with E-state index >= 15 is 0 Å². The van der Waals surface area contributed by atoms with Gasteiger partial charge < -0.3 is 0 Å². The number of halogens is 1. The molecule has 4 heterocycles. The Morgan fingerprint density at radius 3 is 2.56 bits per heavy atom. The summed E-state index contributed by atoms with van der Waals surface area (Å²) in [4.78, 5) is 21.8. The summed E-state index contributed by atoms with van der Waals surface area (Å²) >= 11 is 8.37. The summed E-state index contributed by atoms with van der Waals surface area (Å²) in [5, 5.41) is 7.72. The number of para-hydroxylation sites is 1. The van der Waals surface area contributed by atoms with E-state index in [-0.39, 0.29) is 11.3 Å². The van der Waals surface area contributed by atoms with E-state index in [2.05, 4.69) is 39.5 Å². The van der Waals surface area contributed by atoms with Crippen molar-refractivity contribution in [3.05, 3.63) is 82.3 Å². The number of anilines is 1. The normalized spacial score (nSPS) is 16.3. The third kappa shape index (κ3) is 3.40. The highest BCUT2D eigenvalue weighted by Crippen LogP contribution is 2.46. The molecule has 1 fully saturated rings. The topological polar surface area (TPSA) is 50.5 Å². The van der Waals surface area contributed by atoms with E-state index in [1.54, 1.807) is 34.4 Å². The summed E-state index contributed by atoms with van der Waals surface area (Å²) in [6, 6.07) is 22.1. The van der Waals surface area contributed by atoms with Crippen molar-refractivity contribution in [2.24, 2.45) is 0 Å². The average molecular weight is 540 g/mol. The maximum Gasteiger partial charge on any atom is 0.238 e. The number of hydrogen-bond acceptors (Lipinski definition) is 6. The Morgan fingerprint density at radius 2 is 1.81 bits per heavy atom. The molecule has 1 saturated heterocycles. The van der Waals surface area contributed by atoms with E-state index in [1.165, 1.54) is 0 Å². The molecule has 158 valence electrons. The number of thiophene rings is 1. The number of nitrogens with zero attached hydrogens (tertiary/aromatic N) is 4.